The highest BCUT2D eigenvalue weighted by molar-refractivity contribution is 8.00. The molecule has 0 aromatic carbocycles. The van der Waals surface area contributed by atoms with Crippen LogP contribution in [0, 0.1) is 0 Å². The van der Waals surface area contributed by atoms with Crippen LogP contribution in [-0.2, 0) is 9.53 Å². The molecule has 1 unspecified atom stereocenters. The monoisotopic (exact) mass is 205 g/mol. The zero-order chi connectivity index (χ0) is 10.1. The highest BCUT2D eigenvalue weighted by Crippen LogP contribution is 2.17. The Kier molecular flexibility index (Phi) is 8.24. The summed E-state index contributed by atoms with van der Waals surface area (Å²) < 4.78 is 4.95. The Morgan fingerprint density at radius 3 is 2.69 bits per heavy atom. The second-order valence-corrected chi connectivity index (χ2v) is 4.00. The molecule has 78 valence electrons. The molecule has 0 aliphatic heterocycles. The number of hydrogen-bond donors (Lipinski definition) is 1. The summed E-state index contributed by atoms with van der Waals surface area (Å²) in [6.07, 6.45) is 1.88. The van der Waals surface area contributed by atoms with Gasteiger partial charge in [-0.3, -0.25) is 4.79 Å². The van der Waals surface area contributed by atoms with E-state index in [-0.39, 0.29) is 11.2 Å². The fourth-order valence-corrected chi connectivity index (χ4v) is 2.00. The molecule has 0 rings (SSSR count). The summed E-state index contributed by atoms with van der Waals surface area (Å²) in [4.78, 5) is 11.4. The number of esters is 1. The molecule has 0 saturated carbocycles. The van der Waals surface area contributed by atoms with Crippen LogP contribution < -0.4 is 5.73 Å². The molecule has 0 fully saturated rings. The van der Waals surface area contributed by atoms with Crippen LogP contribution >= 0.6 is 11.8 Å². The Balaban J connectivity index is 3.83. The lowest BCUT2D eigenvalue weighted by Crippen LogP contribution is -2.21. The van der Waals surface area contributed by atoms with Crippen LogP contribution in [0.4, 0.5) is 0 Å². The van der Waals surface area contributed by atoms with Crippen LogP contribution in [0.3, 0.4) is 0 Å². The van der Waals surface area contributed by atoms with Crippen LogP contribution in [0.5, 0.6) is 0 Å². The summed E-state index contributed by atoms with van der Waals surface area (Å²) in [6.45, 7) is 4.97. The Morgan fingerprint density at radius 2 is 2.23 bits per heavy atom. The van der Waals surface area contributed by atoms with Gasteiger partial charge in [-0.05, 0) is 13.3 Å². The first kappa shape index (κ1) is 12.8. The van der Waals surface area contributed by atoms with E-state index in [1.807, 2.05) is 6.92 Å². The molecule has 0 spiro atoms. The largest absolute Gasteiger partial charge is 0.465 e. The second kappa shape index (κ2) is 8.38. The van der Waals surface area contributed by atoms with E-state index in [4.69, 9.17) is 10.5 Å². The first-order chi connectivity index (χ1) is 6.26. The summed E-state index contributed by atoms with van der Waals surface area (Å²) in [5.41, 5.74) is 5.37. The molecule has 13 heavy (non-hydrogen) atoms. The third-order valence-corrected chi connectivity index (χ3v) is 2.84. The predicted molar refractivity (Wildman–Crippen MR) is 56.8 cm³/mol. The Morgan fingerprint density at radius 1 is 1.54 bits per heavy atom. The van der Waals surface area contributed by atoms with Gasteiger partial charge in [0, 0.05) is 12.3 Å². The SMILES string of the molecule is CCCC(SCCN)C(=O)OCC. The van der Waals surface area contributed by atoms with Gasteiger partial charge in [0.2, 0.25) is 0 Å². The fraction of sp³-hybridized carbons (Fsp3) is 0.889. The van der Waals surface area contributed by atoms with E-state index in [1.54, 1.807) is 11.8 Å². The van der Waals surface area contributed by atoms with Crippen LogP contribution in [0.2, 0.25) is 0 Å². The van der Waals surface area contributed by atoms with E-state index in [0.29, 0.717) is 13.2 Å². The number of carbonyl (C=O) groups is 1. The Hall–Kier alpha value is -0.220. The standard InChI is InChI=1S/C9H19NO2S/c1-3-5-8(13-7-6-10)9(11)12-4-2/h8H,3-7,10H2,1-2H3. The lowest BCUT2D eigenvalue weighted by atomic mass is 10.2. The van der Waals surface area contributed by atoms with Crippen molar-refractivity contribution in [3.05, 3.63) is 0 Å². The van der Waals surface area contributed by atoms with E-state index in [2.05, 4.69) is 6.92 Å². The van der Waals surface area contributed by atoms with Crippen molar-refractivity contribution in [2.45, 2.75) is 31.9 Å². The van der Waals surface area contributed by atoms with Crippen molar-refractivity contribution < 1.29 is 9.53 Å². The minimum atomic E-state index is -0.0946. The average Bonchev–Trinajstić information content (AvgIpc) is 2.12. The molecule has 0 radical (unpaired) electrons. The molecule has 0 aliphatic carbocycles. The van der Waals surface area contributed by atoms with Crippen LogP contribution in [-0.4, -0.2) is 30.1 Å². The number of ether oxygens (including phenoxy) is 1. The lowest BCUT2D eigenvalue weighted by Gasteiger charge is -2.13. The maximum Gasteiger partial charge on any atom is 0.319 e. The van der Waals surface area contributed by atoms with Gasteiger partial charge in [0.25, 0.3) is 0 Å². The molecule has 0 aromatic heterocycles. The Labute approximate surface area is 84.4 Å². The molecule has 2 N–H and O–H groups in total. The number of hydrogen-bond acceptors (Lipinski definition) is 4. The highest BCUT2D eigenvalue weighted by Gasteiger charge is 2.18. The van der Waals surface area contributed by atoms with Crippen molar-refractivity contribution in [2.75, 3.05) is 18.9 Å². The molecule has 0 aromatic rings. The lowest BCUT2D eigenvalue weighted by molar-refractivity contribution is -0.142. The van der Waals surface area contributed by atoms with Gasteiger partial charge in [0.05, 0.1) is 6.61 Å². The van der Waals surface area contributed by atoms with E-state index >= 15 is 0 Å². The normalized spacial score (nSPS) is 12.5. The minimum absolute atomic E-state index is 0.0199. The van der Waals surface area contributed by atoms with Gasteiger partial charge in [-0.15, -0.1) is 11.8 Å². The quantitative estimate of drug-likeness (QED) is 0.638. The number of carbonyl (C=O) groups excluding carboxylic acids is 1. The molecular formula is C9H19NO2S. The summed E-state index contributed by atoms with van der Waals surface area (Å²) in [7, 11) is 0. The zero-order valence-electron chi connectivity index (χ0n) is 8.41. The van der Waals surface area contributed by atoms with Crippen LogP contribution in [0.15, 0.2) is 0 Å². The van der Waals surface area contributed by atoms with E-state index in [0.717, 1.165) is 18.6 Å². The molecule has 0 amide bonds. The summed E-state index contributed by atoms with van der Waals surface area (Å²) in [5, 5.41) is -0.0199. The summed E-state index contributed by atoms with van der Waals surface area (Å²) >= 11 is 1.59. The van der Waals surface area contributed by atoms with E-state index < -0.39 is 0 Å². The molecule has 1 atom stereocenters. The molecular weight excluding hydrogens is 186 g/mol. The van der Waals surface area contributed by atoms with Gasteiger partial charge in [-0.25, -0.2) is 0 Å². The smallest absolute Gasteiger partial charge is 0.319 e. The van der Waals surface area contributed by atoms with Gasteiger partial charge in [-0.1, -0.05) is 13.3 Å². The van der Waals surface area contributed by atoms with Crippen molar-refractivity contribution in [2.24, 2.45) is 5.73 Å². The molecule has 0 heterocycles. The van der Waals surface area contributed by atoms with Crippen molar-refractivity contribution in [3.63, 3.8) is 0 Å². The van der Waals surface area contributed by atoms with Gasteiger partial charge >= 0.3 is 5.97 Å². The van der Waals surface area contributed by atoms with Gasteiger partial charge < -0.3 is 10.5 Å². The maximum atomic E-state index is 11.4. The van der Waals surface area contributed by atoms with Crippen molar-refractivity contribution >= 4 is 17.7 Å². The third-order valence-electron chi connectivity index (χ3n) is 1.54. The number of nitrogens with two attached hydrogens (primary N) is 1. The zero-order valence-corrected chi connectivity index (χ0v) is 9.23. The summed E-state index contributed by atoms with van der Waals surface area (Å²) in [5.74, 6) is 0.728. The van der Waals surface area contributed by atoms with Crippen LogP contribution in [0.25, 0.3) is 0 Å². The molecule has 0 aliphatic rings. The molecule has 0 bridgehead atoms. The van der Waals surface area contributed by atoms with Gasteiger partial charge in [0.15, 0.2) is 0 Å². The fourth-order valence-electron chi connectivity index (χ4n) is 0.977. The van der Waals surface area contributed by atoms with E-state index in [1.165, 1.54) is 0 Å². The van der Waals surface area contributed by atoms with Crippen molar-refractivity contribution in [3.8, 4) is 0 Å². The van der Waals surface area contributed by atoms with Crippen LogP contribution in [0.1, 0.15) is 26.7 Å². The number of rotatable bonds is 7. The Bertz CT molecular complexity index is 142. The maximum absolute atomic E-state index is 11.4. The van der Waals surface area contributed by atoms with E-state index in [9.17, 15) is 4.79 Å². The first-order valence-corrected chi connectivity index (χ1v) is 5.79. The van der Waals surface area contributed by atoms with Crippen molar-refractivity contribution in [1.82, 2.24) is 0 Å². The second-order valence-electron chi connectivity index (χ2n) is 2.69. The molecule has 4 heteroatoms. The topological polar surface area (TPSA) is 52.3 Å². The van der Waals surface area contributed by atoms with Gasteiger partial charge in [0.1, 0.15) is 5.25 Å². The first-order valence-electron chi connectivity index (χ1n) is 4.74. The molecule has 3 nitrogen and oxygen atoms in total. The summed E-state index contributed by atoms with van der Waals surface area (Å²) in [6, 6.07) is 0. The number of thioether (sulfide) groups is 1. The average molecular weight is 205 g/mol. The molecule has 0 saturated heterocycles. The van der Waals surface area contributed by atoms with Crippen molar-refractivity contribution in [1.29, 1.82) is 0 Å². The predicted octanol–water partition coefficient (Wildman–Crippen LogP) is 1.41. The highest BCUT2D eigenvalue weighted by atomic mass is 32.2. The van der Waals surface area contributed by atoms with Gasteiger partial charge in [-0.2, -0.15) is 0 Å². The minimum Gasteiger partial charge on any atom is -0.465 e. The third kappa shape index (κ3) is 5.93.